The molecule has 3 atom stereocenters. The standard InChI is InChI=1S/C16H21NO/c1-10-5-6-12-8-14-11(2)16(3,13(12)7-10)9-15(18)17(14)4/h5-7,11,14H,8-9H2,1-4H3. The highest BCUT2D eigenvalue weighted by molar-refractivity contribution is 5.80. The number of rotatable bonds is 0. The molecule has 96 valence electrons. The van der Waals surface area contributed by atoms with Crippen molar-refractivity contribution in [3.8, 4) is 0 Å². The van der Waals surface area contributed by atoms with Crippen LogP contribution in [0.3, 0.4) is 0 Å². The fourth-order valence-corrected chi connectivity index (χ4v) is 3.82. The molecule has 18 heavy (non-hydrogen) atoms. The molecule has 1 amide bonds. The van der Waals surface area contributed by atoms with E-state index in [0.717, 1.165) is 6.42 Å². The Bertz CT molecular complexity index is 522. The monoisotopic (exact) mass is 243 g/mol. The van der Waals surface area contributed by atoms with Crippen molar-refractivity contribution < 1.29 is 4.79 Å². The lowest BCUT2D eigenvalue weighted by atomic mass is 9.59. The minimum Gasteiger partial charge on any atom is -0.342 e. The number of hydrogen-bond acceptors (Lipinski definition) is 1. The van der Waals surface area contributed by atoms with Crippen LogP contribution in [0.2, 0.25) is 0 Å². The second-order valence-electron chi connectivity index (χ2n) is 6.32. The fraction of sp³-hybridized carbons (Fsp3) is 0.562. The van der Waals surface area contributed by atoms with E-state index in [1.165, 1.54) is 16.7 Å². The predicted molar refractivity (Wildman–Crippen MR) is 72.6 cm³/mol. The van der Waals surface area contributed by atoms with Crippen LogP contribution in [0, 0.1) is 12.8 Å². The Morgan fingerprint density at radius 3 is 2.83 bits per heavy atom. The van der Waals surface area contributed by atoms with Crippen LogP contribution in [0.5, 0.6) is 0 Å². The number of nitrogens with zero attached hydrogens (tertiary/aromatic N) is 1. The molecule has 1 heterocycles. The van der Waals surface area contributed by atoms with Crippen LogP contribution in [-0.4, -0.2) is 23.9 Å². The third kappa shape index (κ3) is 1.38. The smallest absolute Gasteiger partial charge is 0.223 e. The van der Waals surface area contributed by atoms with E-state index in [1.54, 1.807) is 0 Å². The van der Waals surface area contributed by atoms with E-state index in [9.17, 15) is 4.79 Å². The number of benzene rings is 1. The lowest BCUT2D eigenvalue weighted by Gasteiger charge is -2.53. The van der Waals surface area contributed by atoms with Gasteiger partial charge in [-0.3, -0.25) is 4.79 Å². The van der Waals surface area contributed by atoms with E-state index in [2.05, 4.69) is 39.0 Å². The molecular formula is C16H21NO. The summed E-state index contributed by atoms with van der Waals surface area (Å²) in [6.45, 7) is 6.71. The maximum Gasteiger partial charge on any atom is 0.223 e. The molecule has 3 unspecified atom stereocenters. The van der Waals surface area contributed by atoms with Gasteiger partial charge in [0.1, 0.15) is 0 Å². The molecule has 1 aromatic rings. The molecule has 0 N–H and O–H groups in total. The normalized spacial score (nSPS) is 34.4. The topological polar surface area (TPSA) is 20.3 Å². The number of carbonyl (C=O) groups excluding carboxylic acids is 1. The van der Waals surface area contributed by atoms with E-state index in [4.69, 9.17) is 0 Å². The van der Waals surface area contributed by atoms with Crippen molar-refractivity contribution in [1.29, 1.82) is 0 Å². The Morgan fingerprint density at radius 2 is 2.11 bits per heavy atom. The number of fused-ring (bicyclic) bond motifs is 4. The maximum atomic E-state index is 12.2. The summed E-state index contributed by atoms with van der Waals surface area (Å²) in [7, 11) is 1.96. The average molecular weight is 243 g/mol. The molecule has 0 saturated carbocycles. The largest absolute Gasteiger partial charge is 0.342 e. The van der Waals surface area contributed by atoms with E-state index >= 15 is 0 Å². The first kappa shape index (κ1) is 11.8. The molecular weight excluding hydrogens is 222 g/mol. The quantitative estimate of drug-likeness (QED) is 0.686. The number of amides is 1. The number of carbonyl (C=O) groups is 1. The first-order chi connectivity index (χ1) is 8.43. The van der Waals surface area contributed by atoms with Crippen molar-refractivity contribution in [2.75, 3.05) is 7.05 Å². The van der Waals surface area contributed by atoms with Crippen LogP contribution in [0.25, 0.3) is 0 Å². The van der Waals surface area contributed by atoms with Gasteiger partial charge in [-0.2, -0.15) is 0 Å². The zero-order valence-electron chi connectivity index (χ0n) is 11.7. The highest BCUT2D eigenvalue weighted by Crippen LogP contribution is 2.48. The first-order valence-corrected chi connectivity index (χ1v) is 6.79. The Kier molecular flexibility index (Phi) is 2.35. The molecule has 3 rings (SSSR count). The van der Waals surface area contributed by atoms with Gasteiger partial charge in [0.2, 0.25) is 5.91 Å². The van der Waals surface area contributed by atoms with Gasteiger partial charge in [0.15, 0.2) is 0 Å². The molecule has 0 spiro atoms. The van der Waals surface area contributed by atoms with Gasteiger partial charge >= 0.3 is 0 Å². The van der Waals surface area contributed by atoms with Crippen LogP contribution in [0.1, 0.15) is 37.0 Å². The summed E-state index contributed by atoms with van der Waals surface area (Å²) in [6.07, 6.45) is 1.66. The van der Waals surface area contributed by atoms with Gasteiger partial charge in [-0.1, -0.05) is 37.6 Å². The van der Waals surface area contributed by atoms with Crippen LogP contribution in [0.15, 0.2) is 18.2 Å². The molecule has 2 heteroatoms. The van der Waals surface area contributed by atoms with Crippen molar-refractivity contribution in [1.82, 2.24) is 4.90 Å². The molecule has 1 aliphatic heterocycles. The lowest BCUT2D eigenvalue weighted by molar-refractivity contribution is -0.141. The summed E-state index contributed by atoms with van der Waals surface area (Å²) in [5.74, 6) is 0.835. The SMILES string of the molecule is Cc1ccc2c(c1)C1(C)CC(=O)N(C)C(C2)C1C. The average Bonchev–Trinajstić information content (AvgIpc) is 2.32. The lowest BCUT2D eigenvalue weighted by Crippen LogP contribution is -2.58. The Labute approximate surface area is 109 Å². The second-order valence-corrected chi connectivity index (χ2v) is 6.32. The van der Waals surface area contributed by atoms with E-state index in [-0.39, 0.29) is 5.41 Å². The molecule has 1 saturated heterocycles. The van der Waals surface area contributed by atoms with Gasteiger partial charge in [-0.15, -0.1) is 0 Å². The summed E-state index contributed by atoms with van der Waals surface area (Å²) >= 11 is 0. The van der Waals surface area contributed by atoms with Crippen LogP contribution in [0.4, 0.5) is 0 Å². The molecule has 1 aliphatic carbocycles. The van der Waals surface area contributed by atoms with Gasteiger partial charge in [-0.05, 0) is 30.4 Å². The van der Waals surface area contributed by atoms with Crippen molar-refractivity contribution in [3.63, 3.8) is 0 Å². The molecule has 0 aromatic heterocycles. The summed E-state index contributed by atoms with van der Waals surface area (Å²) in [4.78, 5) is 14.1. The van der Waals surface area contributed by atoms with Crippen molar-refractivity contribution >= 4 is 5.91 Å². The molecule has 0 radical (unpaired) electrons. The number of likely N-dealkylation sites (N-methyl/N-ethyl adjacent to an activating group) is 1. The maximum absolute atomic E-state index is 12.2. The first-order valence-electron chi connectivity index (χ1n) is 6.79. The highest BCUT2D eigenvalue weighted by Gasteiger charge is 2.50. The van der Waals surface area contributed by atoms with Gasteiger partial charge in [0.05, 0.1) is 0 Å². The van der Waals surface area contributed by atoms with Crippen LogP contribution < -0.4 is 0 Å². The second kappa shape index (κ2) is 3.59. The van der Waals surface area contributed by atoms with Gasteiger partial charge in [-0.25, -0.2) is 0 Å². The zero-order chi connectivity index (χ0) is 13.1. The third-order valence-corrected chi connectivity index (χ3v) is 5.30. The Morgan fingerprint density at radius 1 is 1.39 bits per heavy atom. The minimum absolute atomic E-state index is 0.0217. The molecule has 2 nitrogen and oxygen atoms in total. The van der Waals surface area contributed by atoms with E-state index in [0.29, 0.717) is 24.3 Å². The molecule has 1 fully saturated rings. The van der Waals surface area contributed by atoms with E-state index < -0.39 is 0 Å². The van der Waals surface area contributed by atoms with Gasteiger partial charge in [0, 0.05) is 24.9 Å². The highest BCUT2D eigenvalue weighted by atomic mass is 16.2. The summed E-state index contributed by atoms with van der Waals surface area (Å²) in [5, 5.41) is 0. The predicted octanol–water partition coefficient (Wildman–Crippen LogP) is 2.68. The van der Waals surface area contributed by atoms with Gasteiger partial charge < -0.3 is 4.90 Å². The van der Waals surface area contributed by atoms with Crippen LogP contribution in [-0.2, 0) is 16.6 Å². The van der Waals surface area contributed by atoms with Crippen LogP contribution >= 0.6 is 0 Å². The summed E-state index contributed by atoms with van der Waals surface area (Å²) < 4.78 is 0. The number of piperidine rings is 1. The minimum atomic E-state index is 0.0217. The summed E-state index contributed by atoms with van der Waals surface area (Å²) in [6, 6.07) is 7.10. The number of likely N-dealkylation sites (tertiary alicyclic amines) is 1. The molecule has 2 aliphatic rings. The molecule has 2 bridgehead atoms. The van der Waals surface area contributed by atoms with Gasteiger partial charge in [0.25, 0.3) is 0 Å². The van der Waals surface area contributed by atoms with Crippen molar-refractivity contribution in [3.05, 3.63) is 34.9 Å². The molecule has 1 aromatic carbocycles. The number of hydrogen-bond donors (Lipinski definition) is 0. The Balaban J connectivity index is 2.20. The summed E-state index contributed by atoms with van der Waals surface area (Å²) in [5.41, 5.74) is 4.17. The Hall–Kier alpha value is -1.31. The fourth-order valence-electron chi connectivity index (χ4n) is 3.82. The zero-order valence-corrected chi connectivity index (χ0v) is 11.7. The number of aryl methyl sites for hydroxylation is 1. The van der Waals surface area contributed by atoms with Crippen molar-refractivity contribution in [2.45, 2.75) is 45.1 Å². The third-order valence-electron chi connectivity index (χ3n) is 5.30. The van der Waals surface area contributed by atoms with E-state index in [1.807, 2.05) is 11.9 Å². The van der Waals surface area contributed by atoms with Crippen molar-refractivity contribution in [2.24, 2.45) is 5.92 Å².